The zero-order chi connectivity index (χ0) is 25.3. The maximum atomic E-state index is 12.4. The summed E-state index contributed by atoms with van der Waals surface area (Å²) in [6.07, 6.45) is 1.56. The zero-order valence-corrected chi connectivity index (χ0v) is 19.7. The van der Waals surface area contributed by atoms with Crippen LogP contribution in [0, 0.1) is 6.92 Å². The number of anilines is 3. The molecule has 4 aromatic rings. The van der Waals surface area contributed by atoms with Crippen LogP contribution in [0.2, 0.25) is 0 Å². The number of hydrogen-bond donors (Lipinski definition) is 4. The van der Waals surface area contributed by atoms with Crippen molar-refractivity contribution < 1.29 is 18.8 Å². The van der Waals surface area contributed by atoms with Gasteiger partial charge in [-0.25, -0.2) is 0 Å². The second-order valence-corrected chi connectivity index (χ2v) is 8.14. The van der Waals surface area contributed by atoms with Gasteiger partial charge in [0.25, 0.3) is 11.8 Å². The molecule has 0 radical (unpaired) electrons. The molecule has 4 N–H and O–H groups in total. The summed E-state index contributed by atoms with van der Waals surface area (Å²) in [7, 11) is 0. The van der Waals surface area contributed by atoms with Crippen LogP contribution in [-0.4, -0.2) is 24.3 Å². The smallest absolute Gasteiger partial charge is 0.255 e. The van der Waals surface area contributed by atoms with Crippen LogP contribution in [0.25, 0.3) is 0 Å². The Morgan fingerprint density at radius 3 is 2.08 bits per heavy atom. The molecule has 0 atom stereocenters. The van der Waals surface area contributed by atoms with E-state index in [0.29, 0.717) is 40.5 Å². The lowest BCUT2D eigenvalue weighted by atomic mass is 10.1. The highest BCUT2D eigenvalue weighted by Crippen LogP contribution is 2.16. The van der Waals surface area contributed by atoms with Gasteiger partial charge < -0.3 is 25.7 Å². The molecule has 3 amide bonds. The molecule has 0 bridgehead atoms. The minimum atomic E-state index is -0.230. The average Bonchev–Trinajstić information content (AvgIpc) is 3.41. The molecule has 1 aromatic heterocycles. The fraction of sp³-hybridized carbons (Fsp3) is 0.107. The van der Waals surface area contributed by atoms with Crippen LogP contribution >= 0.6 is 0 Å². The third-order valence-electron chi connectivity index (χ3n) is 5.31. The van der Waals surface area contributed by atoms with Crippen LogP contribution in [0.5, 0.6) is 0 Å². The Morgan fingerprint density at radius 1 is 0.722 bits per heavy atom. The number of amides is 3. The van der Waals surface area contributed by atoms with E-state index in [9.17, 15) is 14.4 Å². The van der Waals surface area contributed by atoms with Crippen LogP contribution in [0.15, 0.2) is 95.6 Å². The van der Waals surface area contributed by atoms with Crippen LogP contribution < -0.4 is 21.3 Å². The summed E-state index contributed by atoms with van der Waals surface area (Å²) in [5, 5.41) is 11.5. The second kappa shape index (κ2) is 11.5. The fourth-order valence-electron chi connectivity index (χ4n) is 3.44. The van der Waals surface area contributed by atoms with Gasteiger partial charge in [-0.3, -0.25) is 14.4 Å². The zero-order valence-electron chi connectivity index (χ0n) is 19.7. The minimum absolute atomic E-state index is 0.0515. The van der Waals surface area contributed by atoms with Gasteiger partial charge in [-0.2, -0.15) is 0 Å². The Morgan fingerprint density at radius 2 is 1.42 bits per heavy atom. The molecule has 0 aliphatic rings. The number of nitrogens with one attached hydrogen (secondary N) is 4. The summed E-state index contributed by atoms with van der Waals surface area (Å²) in [5.74, 6) is 0.0380. The molecule has 0 fully saturated rings. The van der Waals surface area contributed by atoms with Gasteiger partial charge in [0.15, 0.2) is 0 Å². The highest BCUT2D eigenvalue weighted by Gasteiger charge is 2.09. The standard InChI is InChI=1S/C28H26N4O4/c1-19-4-2-5-21(16-19)28(35)32-24-13-11-23(12-14-24)31-26(33)18-29-22-9-7-20(8-10-22)27(34)30-17-25-6-3-15-36-25/h2-16,29H,17-18H2,1H3,(H,30,34)(H,31,33)(H,32,35). The Kier molecular flexibility index (Phi) is 7.77. The molecule has 0 unspecified atom stereocenters. The van der Waals surface area contributed by atoms with E-state index < -0.39 is 0 Å². The molecule has 4 rings (SSSR count). The molecule has 0 saturated carbocycles. The molecule has 182 valence electrons. The molecule has 0 spiro atoms. The first-order valence-corrected chi connectivity index (χ1v) is 11.4. The van der Waals surface area contributed by atoms with Crippen molar-refractivity contribution in [2.45, 2.75) is 13.5 Å². The second-order valence-electron chi connectivity index (χ2n) is 8.14. The maximum absolute atomic E-state index is 12.4. The van der Waals surface area contributed by atoms with E-state index in [1.807, 2.05) is 25.1 Å². The molecule has 3 aromatic carbocycles. The van der Waals surface area contributed by atoms with E-state index in [4.69, 9.17) is 4.42 Å². The summed E-state index contributed by atoms with van der Waals surface area (Å²) >= 11 is 0. The summed E-state index contributed by atoms with van der Waals surface area (Å²) < 4.78 is 5.20. The normalized spacial score (nSPS) is 10.4. The van der Waals surface area contributed by atoms with Gasteiger partial charge in [-0.1, -0.05) is 17.7 Å². The molecule has 8 nitrogen and oxygen atoms in total. The van der Waals surface area contributed by atoms with E-state index in [2.05, 4.69) is 21.3 Å². The van der Waals surface area contributed by atoms with Gasteiger partial charge in [0, 0.05) is 28.2 Å². The van der Waals surface area contributed by atoms with Crippen molar-refractivity contribution in [3.8, 4) is 0 Å². The van der Waals surface area contributed by atoms with Crippen molar-refractivity contribution >= 4 is 34.8 Å². The molecule has 1 heterocycles. The Hall–Kier alpha value is -4.85. The lowest BCUT2D eigenvalue weighted by Crippen LogP contribution is -2.23. The number of hydrogen-bond acceptors (Lipinski definition) is 5. The van der Waals surface area contributed by atoms with Gasteiger partial charge in [-0.05, 0) is 79.7 Å². The predicted molar refractivity (Wildman–Crippen MR) is 139 cm³/mol. The molecule has 0 aliphatic heterocycles. The summed E-state index contributed by atoms with van der Waals surface area (Å²) in [6, 6.07) is 24.6. The summed E-state index contributed by atoms with van der Waals surface area (Å²) in [4.78, 5) is 36.9. The van der Waals surface area contributed by atoms with E-state index in [-0.39, 0.29) is 24.3 Å². The van der Waals surface area contributed by atoms with E-state index in [0.717, 1.165) is 5.56 Å². The van der Waals surface area contributed by atoms with Crippen LogP contribution in [0.4, 0.5) is 17.1 Å². The largest absolute Gasteiger partial charge is 0.467 e. The van der Waals surface area contributed by atoms with Crippen molar-refractivity contribution in [2.24, 2.45) is 0 Å². The Labute approximate surface area is 208 Å². The van der Waals surface area contributed by atoms with Crippen molar-refractivity contribution in [3.63, 3.8) is 0 Å². The molecular weight excluding hydrogens is 456 g/mol. The van der Waals surface area contributed by atoms with Gasteiger partial charge in [0.05, 0.1) is 19.4 Å². The molecule has 0 aliphatic carbocycles. The van der Waals surface area contributed by atoms with Crippen molar-refractivity contribution in [1.82, 2.24) is 5.32 Å². The maximum Gasteiger partial charge on any atom is 0.255 e. The van der Waals surface area contributed by atoms with Gasteiger partial charge in [-0.15, -0.1) is 0 Å². The summed E-state index contributed by atoms with van der Waals surface area (Å²) in [5.41, 5.74) is 4.05. The van der Waals surface area contributed by atoms with Gasteiger partial charge in [0.2, 0.25) is 5.91 Å². The Bertz CT molecular complexity index is 1330. The fourth-order valence-corrected chi connectivity index (χ4v) is 3.44. The highest BCUT2D eigenvalue weighted by atomic mass is 16.3. The van der Waals surface area contributed by atoms with E-state index >= 15 is 0 Å². The first-order chi connectivity index (χ1) is 17.5. The van der Waals surface area contributed by atoms with Crippen molar-refractivity contribution in [3.05, 3.63) is 114 Å². The number of carbonyl (C=O) groups excluding carboxylic acids is 3. The average molecular weight is 483 g/mol. The minimum Gasteiger partial charge on any atom is -0.467 e. The SMILES string of the molecule is Cc1cccc(C(=O)Nc2ccc(NC(=O)CNc3ccc(C(=O)NCc4ccco4)cc3)cc2)c1. The first-order valence-electron chi connectivity index (χ1n) is 11.4. The van der Waals surface area contributed by atoms with E-state index in [1.165, 1.54) is 0 Å². The molecule has 36 heavy (non-hydrogen) atoms. The third kappa shape index (κ3) is 6.83. The summed E-state index contributed by atoms with van der Waals surface area (Å²) in [6.45, 7) is 2.30. The van der Waals surface area contributed by atoms with E-state index in [1.54, 1.807) is 73.0 Å². The van der Waals surface area contributed by atoms with Crippen LogP contribution in [-0.2, 0) is 11.3 Å². The number of carbonyl (C=O) groups is 3. The van der Waals surface area contributed by atoms with Gasteiger partial charge >= 0.3 is 0 Å². The third-order valence-corrected chi connectivity index (χ3v) is 5.31. The highest BCUT2D eigenvalue weighted by molar-refractivity contribution is 6.04. The number of rotatable bonds is 9. The topological polar surface area (TPSA) is 112 Å². The number of benzene rings is 3. The monoisotopic (exact) mass is 482 g/mol. The first kappa shape index (κ1) is 24.3. The number of aryl methyl sites for hydroxylation is 1. The van der Waals surface area contributed by atoms with Crippen LogP contribution in [0.3, 0.4) is 0 Å². The molecular formula is C28H26N4O4. The quantitative estimate of drug-likeness (QED) is 0.273. The van der Waals surface area contributed by atoms with Gasteiger partial charge in [0.1, 0.15) is 5.76 Å². The number of furan rings is 1. The van der Waals surface area contributed by atoms with Crippen LogP contribution in [0.1, 0.15) is 32.0 Å². The Balaban J connectivity index is 1.22. The predicted octanol–water partition coefficient (Wildman–Crippen LogP) is 4.82. The molecule has 0 saturated heterocycles. The van der Waals surface area contributed by atoms with Crippen molar-refractivity contribution in [2.75, 3.05) is 22.5 Å². The lowest BCUT2D eigenvalue weighted by Gasteiger charge is -2.10. The lowest BCUT2D eigenvalue weighted by molar-refractivity contribution is -0.114. The van der Waals surface area contributed by atoms with Crippen molar-refractivity contribution in [1.29, 1.82) is 0 Å². The molecule has 8 heteroatoms.